The Morgan fingerprint density at radius 1 is 1.24 bits per heavy atom. The van der Waals surface area contributed by atoms with Crippen molar-refractivity contribution in [3.05, 3.63) is 0 Å². The first-order valence-electron chi connectivity index (χ1n) is 7.56. The van der Waals surface area contributed by atoms with E-state index in [2.05, 4.69) is 5.32 Å². The molecule has 1 unspecified atom stereocenters. The lowest BCUT2D eigenvalue weighted by Gasteiger charge is -2.37. The molecule has 1 aliphatic heterocycles. The van der Waals surface area contributed by atoms with Crippen LogP contribution in [0.3, 0.4) is 0 Å². The van der Waals surface area contributed by atoms with E-state index in [-0.39, 0.29) is 44.2 Å². The Morgan fingerprint density at radius 2 is 1.90 bits per heavy atom. The van der Waals surface area contributed by atoms with Crippen molar-refractivity contribution in [3.63, 3.8) is 0 Å². The monoisotopic (exact) mass is 303 g/mol. The SMILES string of the molecule is NC(=O)CN(C(=O)C1CCC(F)(F)CC1)C1CCCNC1. The van der Waals surface area contributed by atoms with Gasteiger partial charge in [-0.05, 0) is 32.2 Å². The van der Waals surface area contributed by atoms with Gasteiger partial charge in [0.25, 0.3) is 0 Å². The number of nitrogens with two attached hydrogens (primary N) is 1. The first-order valence-corrected chi connectivity index (χ1v) is 7.56. The summed E-state index contributed by atoms with van der Waals surface area (Å²) in [6, 6.07) is -0.0683. The maximum atomic E-state index is 13.2. The predicted octanol–water partition coefficient (Wildman–Crippen LogP) is 0.878. The van der Waals surface area contributed by atoms with Crippen LogP contribution in [0.2, 0.25) is 0 Å². The minimum atomic E-state index is -2.66. The topological polar surface area (TPSA) is 75.4 Å². The molecule has 1 atom stereocenters. The minimum Gasteiger partial charge on any atom is -0.368 e. The van der Waals surface area contributed by atoms with Crippen LogP contribution >= 0.6 is 0 Å². The van der Waals surface area contributed by atoms with E-state index in [9.17, 15) is 18.4 Å². The van der Waals surface area contributed by atoms with Crippen molar-refractivity contribution in [2.45, 2.75) is 50.5 Å². The molecule has 0 aromatic heterocycles. The smallest absolute Gasteiger partial charge is 0.248 e. The van der Waals surface area contributed by atoms with Gasteiger partial charge in [-0.1, -0.05) is 0 Å². The molecule has 5 nitrogen and oxygen atoms in total. The number of nitrogens with zero attached hydrogens (tertiary/aromatic N) is 1. The highest BCUT2D eigenvalue weighted by atomic mass is 19.3. The Kier molecular flexibility index (Phi) is 5.13. The highest BCUT2D eigenvalue weighted by molar-refractivity contribution is 5.85. The molecule has 2 amide bonds. The average molecular weight is 303 g/mol. The normalized spacial score (nSPS) is 26.3. The fourth-order valence-corrected chi connectivity index (χ4v) is 3.18. The number of carbonyl (C=O) groups is 2. The Labute approximate surface area is 123 Å². The van der Waals surface area contributed by atoms with Gasteiger partial charge in [0.2, 0.25) is 17.7 Å². The summed E-state index contributed by atoms with van der Waals surface area (Å²) in [7, 11) is 0. The van der Waals surface area contributed by atoms with E-state index in [1.54, 1.807) is 0 Å². The molecule has 0 spiro atoms. The summed E-state index contributed by atoms with van der Waals surface area (Å²) in [4.78, 5) is 25.3. The summed E-state index contributed by atoms with van der Waals surface area (Å²) in [6.45, 7) is 1.39. The van der Waals surface area contributed by atoms with E-state index in [0.29, 0.717) is 6.54 Å². The van der Waals surface area contributed by atoms with Crippen molar-refractivity contribution in [3.8, 4) is 0 Å². The van der Waals surface area contributed by atoms with E-state index in [0.717, 1.165) is 19.4 Å². The number of amides is 2. The van der Waals surface area contributed by atoms with Crippen LogP contribution in [0.5, 0.6) is 0 Å². The lowest BCUT2D eigenvalue weighted by molar-refractivity contribution is -0.145. The second kappa shape index (κ2) is 6.68. The Bertz CT molecular complexity index is 388. The number of hydrogen-bond donors (Lipinski definition) is 2. The number of hydrogen-bond acceptors (Lipinski definition) is 3. The molecule has 2 fully saturated rings. The maximum Gasteiger partial charge on any atom is 0.248 e. The van der Waals surface area contributed by atoms with Crippen molar-refractivity contribution < 1.29 is 18.4 Å². The predicted molar refractivity (Wildman–Crippen MR) is 73.7 cm³/mol. The molecular weight excluding hydrogens is 280 g/mol. The van der Waals surface area contributed by atoms with Gasteiger partial charge in [0.15, 0.2) is 0 Å². The summed E-state index contributed by atoms with van der Waals surface area (Å²) >= 11 is 0. The molecule has 2 aliphatic rings. The molecule has 3 N–H and O–H groups in total. The number of rotatable bonds is 4. The molecule has 0 aromatic rings. The van der Waals surface area contributed by atoms with Crippen LogP contribution in [0.15, 0.2) is 0 Å². The van der Waals surface area contributed by atoms with Gasteiger partial charge in [-0.25, -0.2) is 8.78 Å². The van der Waals surface area contributed by atoms with Gasteiger partial charge in [-0.3, -0.25) is 9.59 Å². The van der Waals surface area contributed by atoms with Crippen LogP contribution < -0.4 is 11.1 Å². The quantitative estimate of drug-likeness (QED) is 0.809. The number of primary amides is 1. The molecule has 2 rings (SSSR count). The van der Waals surface area contributed by atoms with Crippen LogP contribution in [0.25, 0.3) is 0 Å². The molecule has 1 saturated heterocycles. The van der Waals surface area contributed by atoms with Crippen LogP contribution in [-0.4, -0.2) is 48.3 Å². The number of nitrogens with one attached hydrogen (secondary N) is 1. The van der Waals surface area contributed by atoms with Crippen molar-refractivity contribution in [1.29, 1.82) is 0 Å². The van der Waals surface area contributed by atoms with Crippen molar-refractivity contribution >= 4 is 11.8 Å². The third-order valence-electron chi connectivity index (χ3n) is 4.39. The van der Waals surface area contributed by atoms with Gasteiger partial charge < -0.3 is 16.0 Å². The number of piperidine rings is 1. The minimum absolute atomic E-state index is 0.0683. The van der Waals surface area contributed by atoms with Crippen LogP contribution in [0, 0.1) is 5.92 Å². The molecule has 0 aromatic carbocycles. The van der Waals surface area contributed by atoms with Crippen LogP contribution in [0.4, 0.5) is 8.78 Å². The summed E-state index contributed by atoms with van der Waals surface area (Å²) in [6.07, 6.45) is 1.60. The van der Waals surface area contributed by atoms with E-state index < -0.39 is 17.7 Å². The van der Waals surface area contributed by atoms with Crippen molar-refractivity contribution in [1.82, 2.24) is 10.2 Å². The first kappa shape index (κ1) is 16.1. The summed E-state index contributed by atoms with van der Waals surface area (Å²) in [5, 5.41) is 3.19. The van der Waals surface area contributed by atoms with Gasteiger partial charge >= 0.3 is 0 Å². The third-order valence-corrected chi connectivity index (χ3v) is 4.39. The molecule has 7 heteroatoms. The van der Waals surface area contributed by atoms with Gasteiger partial charge in [-0.2, -0.15) is 0 Å². The molecule has 0 bridgehead atoms. The van der Waals surface area contributed by atoms with E-state index in [1.807, 2.05) is 0 Å². The Hall–Kier alpha value is -1.24. The number of carbonyl (C=O) groups excluding carboxylic acids is 2. The van der Waals surface area contributed by atoms with Gasteiger partial charge in [-0.15, -0.1) is 0 Å². The van der Waals surface area contributed by atoms with Gasteiger partial charge in [0.1, 0.15) is 0 Å². The lowest BCUT2D eigenvalue weighted by Crippen LogP contribution is -2.53. The second-order valence-corrected chi connectivity index (χ2v) is 6.06. The summed E-state index contributed by atoms with van der Waals surface area (Å²) in [5.74, 6) is -3.82. The van der Waals surface area contributed by atoms with Crippen molar-refractivity contribution in [2.24, 2.45) is 11.7 Å². The van der Waals surface area contributed by atoms with E-state index in [1.165, 1.54) is 4.90 Å². The first-order chi connectivity index (χ1) is 9.89. The fraction of sp³-hybridized carbons (Fsp3) is 0.857. The van der Waals surface area contributed by atoms with E-state index in [4.69, 9.17) is 5.73 Å². The number of alkyl halides is 2. The largest absolute Gasteiger partial charge is 0.368 e. The zero-order valence-electron chi connectivity index (χ0n) is 12.1. The molecule has 120 valence electrons. The highest BCUT2D eigenvalue weighted by Gasteiger charge is 2.40. The molecule has 1 saturated carbocycles. The van der Waals surface area contributed by atoms with Crippen LogP contribution in [-0.2, 0) is 9.59 Å². The van der Waals surface area contributed by atoms with Gasteiger partial charge in [0, 0.05) is 31.3 Å². The maximum absolute atomic E-state index is 13.2. The summed E-state index contributed by atoms with van der Waals surface area (Å²) in [5.41, 5.74) is 5.24. The zero-order chi connectivity index (χ0) is 15.5. The Balaban J connectivity index is 2.01. The molecule has 0 radical (unpaired) electrons. The molecular formula is C14H23F2N3O2. The number of halogens is 2. The van der Waals surface area contributed by atoms with Crippen molar-refractivity contribution in [2.75, 3.05) is 19.6 Å². The highest BCUT2D eigenvalue weighted by Crippen LogP contribution is 2.37. The standard InChI is InChI=1S/C14H23F2N3O2/c15-14(16)5-3-10(4-6-14)13(21)19(9-12(17)20)11-2-1-7-18-8-11/h10-11,18H,1-9H2,(H2,17,20). The summed E-state index contributed by atoms with van der Waals surface area (Å²) < 4.78 is 26.4. The Morgan fingerprint density at radius 3 is 2.43 bits per heavy atom. The molecule has 1 heterocycles. The van der Waals surface area contributed by atoms with Gasteiger partial charge in [0.05, 0.1) is 6.54 Å². The van der Waals surface area contributed by atoms with E-state index >= 15 is 0 Å². The molecule has 1 aliphatic carbocycles. The lowest BCUT2D eigenvalue weighted by atomic mass is 9.85. The zero-order valence-corrected chi connectivity index (χ0v) is 12.1. The molecule has 21 heavy (non-hydrogen) atoms. The van der Waals surface area contributed by atoms with Crippen LogP contribution in [0.1, 0.15) is 38.5 Å². The second-order valence-electron chi connectivity index (χ2n) is 6.06. The fourth-order valence-electron chi connectivity index (χ4n) is 3.18. The third kappa shape index (κ3) is 4.36. The average Bonchev–Trinajstić information content (AvgIpc) is 2.45.